The lowest BCUT2D eigenvalue weighted by Crippen LogP contribution is -2.25. The van der Waals surface area contributed by atoms with E-state index in [4.69, 9.17) is 13.0 Å². The van der Waals surface area contributed by atoms with Gasteiger partial charge in [-0.3, -0.25) is 4.79 Å². The zero-order valence-electron chi connectivity index (χ0n) is 14.1. The van der Waals surface area contributed by atoms with Gasteiger partial charge in [-0.15, -0.1) is 0 Å². The van der Waals surface area contributed by atoms with Crippen LogP contribution in [0.5, 0.6) is 0 Å². The van der Waals surface area contributed by atoms with E-state index in [1.165, 1.54) is 0 Å². The summed E-state index contributed by atoms with van der Waals surface area (Å²) in [6.45, 7) is -0.321. The van der Waals surface area contributed by atoms with Crippen LogP contribution in [0.1, 0.15) is 48.7 Å². The Kier molecular flexibility index (Phi) is 2.15. The lowest BCUT2D eigenvalue weighted by Gasteiger charge is -2.21. The third-order valence-electron chi connectivity index (χ3n) is 1.10. The molecule has 0 aromatic rings. The summed E-state index contributed by atoms with van der Waals surface area (Å²) in [5.41, 5.74) is -0.848. The van der Waals surface area contributed by atoms with Gasteiger partial charge in [-0.25, -0.2) is 0 Å². The van der Waals surface area contributed by atoms with E-state index in [1.807, 2.05) is 0 Å². The van der Waals surface area contributed by atoms with E-state index in [0.29, 0.717) is 0 Å². The van der Waals surface area contributed by atoms with Crippen LogP contribution in [0.4, 0.5) is 0 Å². The van der Waals surface area contributed by atoms with Gasteiger partial charge in [-0.1, -0.05) is 13.3 Å². The molecule has 0 aliphatic rings. The van der Waals surface area contributed by atoms with E-state index in [9.17, 15) is 9.90 Å². The average molecular weight is 199 g/mol. The molecular weight excluding hydrogens is 173 g/mol. The summed E-state index contributed by atoms with van der Waals surface area (Å²) in [6, 6.07) is 0. The molecule has 13 heavy (non-hydrogen) atoms. The number of rotatable bonds is 4. The molecule has 0 amide bonds. The Morgan fingerprint density at radius 2 is 2.38 bits per heavy atom. The Labute approximate surface area is 88.5 Å². The van der Waals surface area contributed by atoms with Gasteiger partial charge >= 0.3 is 5.97 Å². The van der Waals surface area contributed by atoms with Crippen LogP contribution in [-0.4, -0.2) is 23.2 Å². The first-order valence-corrected chi connectivity index (χ1v) is 3.92. The van der Waals surface area contributed by atoms with Crippen LogP contribution in [0.25, 0.3) is 0 Å². The molecule has 0 saturated carbocycles. The van der Waals surface area contributed by atoms with Gasteiger partial charge in [0.05, 0.1) is 9.16 Å². The van der Waals surface area contributed by atoms with Gasteiger partial charge in [-0.05, 0) is 26.7 Å². The predicted octanol–water partition coefficient (Wildman–Crippen LogP) is 1.74. The van der Waals surface area contributed by atoms with Gasteiger partial charge in [-0.2, -0.15) is 0 Å². The highest BCUT2D eigenvalue weighted by Gasteiger charge is 2.18. The fraction of sp³-hybridized carbons (Fsp3) is 0.900. The van der Waals surface area contributed by atoms with Crippen molar-refractivity contribution in [2.75, 3.05) is 6.56 Å². The van der Waals surface area contributed by atoms with E-state index < -0.39 is 43.7 Å². The number of esters is 1. The maximum atomic E-state index is 11.6. The Bertz CT molecular complexity index is 322. The van der Waals surface area contributed by atoms with Crippen LogP contribution in [0.2, 0.25) is 0 Å². The fourth-order valence-corrected chi connectivity index (χ4v) is 0.669. The molecule has 3 nitrogen and oxygen atoms in total. The minimum absolute atomic E-state index is 0.848. The predicted molar refractivity (Wildman–Crippen MR) is 51.3 cm³/mol. The number of carbonyl (C=O) groups excluding carboxylic acids is 1. The quantitative estimate of drug-likeness (QED) is 0.554. The van der Waals surface area contributed by atoms with Crippen molar-refractivity contribution < 1.29 is 22.9 Å². The highest BCUT2D eigenvalue weighted by molar-refractivity contribution is 5.70. The van der Waals surface area contributed by atoms with Crippen molar-refractivity contribution in [3.63, 3.8) is 0 Å². The van der Waals surface area contributed by atoms with Crippen molar-refractivity contribution in [3.05, 3.63) is 0 Å². The highest BCUT2D eigenvalue weighted by Crippen LogP contribution is 2.13. The molecule has 2 atom stereocenters. The molecule has 0 aromatic heterocycles. The normalized spacial score (nSPS) is 26.8. The molecule has 0 aliphatic carbocycles. The van der Waals surface area contributed by atoms with Gasteiger partial charge in [0.15, 0.2) is 0 Å². The maximum Gasteiger partial charge on any atom is 0.306 e. The summed E-state index contributed by atoms with van der Waals surface area (Å²) in [5, 5.41) is 9.35. The Morgan fingerprint density at radius 1 is 1.77 bits per heavy atom. The fourth-order valence-electron chi connectivity index (χ4n) is 0.669. The summed E-state index contributed by atoms with van der Waals surface area (Å²) >= 11 is 0. The van der Waals surface area contributed by atoms with Crippen LogP contribution in [0.3, 0.4) is 0 Å². The molecule has 0 heterocycles. The molecule has 0 bridgehead atoms. The van der Waals surface area contributed by atoms with Crippen molar-refractivity contribution in [2.24, 2.45) is 5.89 Å². The molecular formula is C10H20O3. The Morgan fingerprint density at radius 3 is 2.77 bits per heavy atom. The van der Waals surface area contributed by atoms with E-state index >= 15 is 0 Å². The van der Waals surface area contributed by atoms with Crippen LogP contribution in [-0.2, 0) is 9.53 Å². The summed E-state index contributed by atoms with van der Waals surface area (Å²) in [5.74, 6) is -3.60. The lowest BCUT2D eigenvalue weighted by atomic mass is 10.2. The zero-order valence-corrected chi connectivity index (χ0v) is 8.13. The molecule has 0 saturated heterocycles. The topological polar surface area (TPSA) is 46.5 Å². The number of carbonyl (C=O) groups is 1. The summed E-state index contributed by atoms with van der Waals surface area (Å²) < 4.78 is 48.7. The first-order chi connectivity index (χ1) is 8.21. The van der Waals surface area contributed by atoms with Gasteiger partial charge in [0.1, 0.15) is 5.60 Å². The molecule has 0 aliphatic heterocycles. The third kappa shape index (κ3) is 6.58. The molecule has 0 fully saturated rings. The van der Waals surface area contributed by atoms with Gasteiger partial charge < -0.3 is 9.84 Å². The minimum atomic E-state index is -3.20. The third-order valence-corrected chi connectivity index (χ3v) is 1.10. The highest BCUT2D eigenvalue weighted by atomic mass is 16.6. The molecule has 3 heteroatoms. The first kappa shape index (κ1) is 5.35. The standard InChI is InChI=1S/C10H20O3/c1-5-8(7-11)6-9(12)13-10(2,3)4/h8,11H,5-7H2,1-4H3/t8-/m0/s1/i1+1D2,5+1D,6+1,7D2,8+1D,9+1/t5-,8-. The molecule has 0 unspecified atom stereocenters. The lowest BCUT2D eigenvalue weighted by molar-refractivity contribution is -0.156. The summed E-state index contributed by atoms with van der Waals surface area (Å²) in [6.07, 6.45) is -2.82. The van der Waals surface area contributed by atoms with Crippen LogP contribution in [0.15, 0.2) is 0 Å². The zero-order chi connectivity index (χ0) is 15.6. The molecule has 78 valence electrons. The Balaban J connectivity index is 5.16. The van der Waals surface area contributed by atoms with Crippen molar-refractivity contribution in [1.29, 1.82) is 0 Å². The summed E-state index contributed by atoms with van der Waals surface area (Å²) in [7, 11) is 0. The number of ether oxygens (including phenoxy) is 1. The maximum absolute atomic E-state index is 11.6. The number of hydrogen-bond donors (Lipinski definition) is 1. The number of hydrogen-bond acceptors (Lipinski definition) is 3. The van der Waals surface area contributed by atoms with Gasteiger partial charge in [0.25, 0.3) is 0 Å². The number of aliphatic hydroxyl groups is 1. The van der Waals surface area contributed by atoms with Crippen molar-refractivity contribution >= 4 is 5.97 Å². The SMILES string of the molecule is [2H][13CH]([2H])[13C@H]([2H])[13C@@]([2H])([13CH2][13C](=O)OC(C)(C)C)C([2H])([2H])O. The van der Waals surface area contributed by atoms with Crippen molar-refractivity contribution in [3.8, 4) is 0 Å². The van der Waals surface area contributed by atoms with E-state index in [1.54, 1.807) is 20.8 Å². The first-order valence-electron chi connectivity index (χ1n) is 7.15. The van der Waals surface area contributed by atoms with Crippen molar-refractivity contribution in [2.45, 2.75) is 46.1 Å². The molecule has 0 aromatic carbocycles. The molecule has 0 spiro atoms. The Hall–Kier alpha value is -0.570. The monoisotopic (exact) mass is 199 g/mol. The molecule has 0 radical (unpaired) electrons. The smallest absolute Gasteiger partial charge is 0.306 e. The molecule has 1 N–H and O–H groups in total. The second kappa shape index (κ2) is 5.22. The van der Waals surface area contributed by atoms with E-state index in [-0.39, 0.29) is 0 Å². The van der Waals surface area contributed by atoms with E-state index in [0.717, 1.165) is 0 Å². The van der Waals surface area contributed by atoms with Gasteiger partial charge in [0.2, 0.25) is 0 Å². The van der Waals surface area contributed by atoms with Crippen molar-refractivity contribution in [1.82, 2.24) is 0 Å². The van der Waals surface area contributed by atoms with Crippen LogP contribution in [0, 0.1) is 5.89 Å². The minimum Gasteiger partial charge on any atom is -0.460 e. The largest absolute Gasteiger partial charge is 0.460 e. The van der Waals surface area contributed by atoms with Crippen LogP contribution < -0.4 is 0 Å². The van der Waals surface area contributed by atoms with Crippen LogP contribution >= 0.6 is 0 Å². The molecule has 0 rings (SSSR count). The second-order valence-electron chi connectivity index (χ2n) is 3.57. The summed E-state index contributed by atoms with van der Waals surface area (Å²) in [4.78, 5) is 11.6. The average Bonchev–Trinajstić information content (AvgIpc) is 2.10. The van der Waals surface area contributed by atoms with Gasteiger partial charge in [0, 0.05) is 12.0 Å². The second-order valence-corrected chi connectivity index (χ2v) is 3.57. The van der Waals surface area contributed by atoms with E-state index in [2.05, 4.69) is 0 Å².